The zero-order valence-electron chi connectivity index (χ0n) is 16.4. The Morgan fingerprint density at radius 3 is 2.39 bits per heavy atom. The third kappa shape index (κ3) is 3.35. The summed E-state index contributed by atoms with van der Waals surface area (Å²) < 4.78 is 0.948. The van der Waals surface area contributed by atoms with Gasteiger partial charge in [-0.3, -0.25) is 9.59 Å². The number of halogens is 1. The molecule has 0 saturated heterocycles. The van der Waals surface area contributed by atoms with Crippen molar-refractivity contribution in [3.05, 3.63) is 69.8 Å². The van der Waals surface area contributed by atoms with Crippen LogP contribution in [-0.4, -0.2) is 16.6 Å². The zero-order chi connectivity index (χ0) is 20.1. The van der Waals surface area contributed by atoms with E-state index in [1.54, 1.807) is 0 Å². The maximum Gasteiger partial charge on any atom is 0.144 e. The van der Waals surface area contributed by atoms with E-state index in [-0.39, 0.29) is 22.9 Å². The topological polar surface area (TPSA) is 49.9 Å². The standard InChI is InChI=1S/C24H24BrNO2/c1-14-21(17-9-4-5-10-18(17)26-14)22(15-7-6-8-16(25)11-15)23-19(27)12-24(2,3)13-20(23)28/h4-11,22-23,26H,12-13H2,1-3H3. The maximum absolute atomic E-state index is 13.2. The van der Waals surface area contributed by atoms with Crippen molar-refractivity contribution in [3.8, 4) is 0 Å². The molecule has 0 radical (unpaired) electrons. The molecule has 0 amide bonds. The molecule has 3 aromatic rings. The fraction of sp³-hybridized carbons (Fsp3) is 0.333. The van der Waals surface area contributed by atoms with Crippen molar-refractivity contribution in [2.75, 3.05) is 0 Å². The Kier molecular flexibility index (Phi) is 4.78. The van der Waals surface area contributed by atoms with E-state index in [9.17, 15) is 9.59 Å². The second kappa shape index (κ2) is 7.00. The van der Waals surface area contributed by atoms with Gasteiger partial charge < -0.3 is 4.98 Å². The van der Waals surface area contributed by atoms with Gasteiger partial charge in [0.2, 0.25) is 0 Å². The van der Waals surface area contributed by atoms with Gasteiger partial charge >= 0.3 is 0 Å². The van der Waals surface area contributed by atoms with Crippen LogP contribution in [0, 0.1) is 18.3 Å². The lowest BCUT2D eigenvalue weighted by atomic mass is 9.65. The van der Waals surface area contributed by atoms with E-state index in [0.29, 0.717) is 12.8 Å². The molecule has 1 aliphatic rings. The van der Waals surface area contributed by atoms with Crippen LogP contribution in [0.4, 0.5) is 0 Å². The fourth-order valence-corrected chi connectivity index (χ4v) is 5.12. The van der Waals surface area contributed by atoms with Crippen LogP contribution in [-0.2, 0) is 9.59 Å². The van der Waals surface area contributed by atoms with Gasteiger partial charge in [0.25, 0.3) is 0 Å². The summed E-state index contributed by atoms with van der Waals surface area (Å²) in [6, 6.07) is 16.1. The first kappa shape index (κ1) is 19.1. The number of hydrogen-bond acceptors (Lipinski definition) is 2. The molecule has 144 valence electrons. The van der Waals surface area contributed by atoms with Crippen molar-refractivity contribution in [2.24, 2.45) is 11.3 Å². The quantitative estimate of drug-likeness (QED) is 0.514. The molecule has 1 saturated carbocycles. The number of carbonyl (C=O) groups excluding carboxylic acids is 2. The van der Waals surface area contributed by atoms with Crippen LogP contribution >= 0.6 is 15.9 Å². The SMILES string of the molecule is Cc1[nH]c2ccccc2c1C(c1cccc(Br)c1)C1C(=O)CC(C)(C)CC1=O. The lowest BCUT2D eigenvalue weighted by molar-refractivity contribution is -0.140. The van der Waals surface area contributed by atoms with Gasteiger partial charge in [0.15, 0.2) is 0 Å². The number of aromatic nitrogens is 1. The predicted molar refractivity (Wildman–Crippen MR) is 116 cm³/mol. The molecule has 1 aromatic heterocycles. The van der Waals surface area contributed by atoms with E-state index >= 15 is 0 Å². The van der Waals surface area contributed by atoms with Crippen LogP contribution in [0.2, 0.25) is 0 Å². The second-order valence-electron chi connectivity index (χ2n) is 8.67. The highest BCUT2D eigenvalue weighted by Crippen LogP contribution is 2.45. The average Bonchev–Trinajstić information content (AvgIpc) is 2.93. The first-order chi connectivity index (χ1) is 13.3. The number of benzene rings is 2. The van der Waals surface area contributed by atoms with E-state index < -0.39 is 5.92 Å². The first-order valence-corrected chi connectivity index (χ1v) is 10.4. The molecule has 4 rings (SSSR count). The number of rotatable bonds is 3. The molecule has 1 N–H and O–H groups in total. The monoisotopic (exact) mass is 437 g/mol. The summed E-state index contributed by atoms with van der Waals surface area (Å²) in [6.45, 7) is 6.04. The molecule has 1 fully saturated rings. The minimum absolute atomic E-state index is 0.0518. The second-order valence-corrected chi connectivity index (χ2v) is 9.59. The highest BCUT2D eigenvalue weighted by Gasteiger charge is 2.45. The molecule has 0 bridgehead atoms. The minimum Gasteiger partial charge on any atom is -0.358 e. The van der Waals surface area contributed by atoms with E-state index in [1.165, 1.54) is 0 Å². The van der Waals surface area contributed by atoms with Crippen LogP contribution in [0.25, 0.3) is 10.9 Å². The Bertz CT molecular complexity index is 1060. The van der Waals surface area contributed by atoms with Crippen molar-refractivity contribution in [2.45, 2.75) is 39.5 Å². The molecule has 1 unspecified atom stereocenters. The van der Waals surface area contributed by atoms with Crippen LogP contribution in [0.5, 0.6) is 0 Å². The van der Waals surface area contributed by atoms with Crippen molar-refractivity contribution in [1.82, 2.24) is 4.98 Å². The van der Waals surface area contributed by atoms with Crippen LogP contribution in [0.15, 0.2) is 53.0 Å². The van der Waals surface area contributed by atoms with E-state index in [1.807, 2.05) is 63.2 Å². The first-order valence-electron chi connectivity index (χ1n) is 9.65. The number of aryl methyl sites for hydroxylation is 1. The molecule has 0 aliphatic heterocycles. The maximum atomic E-state index is 13.2. The summed E-state index contributed by atoms with van der Waals surface area (Å²) in [5, 5.41) is 1.08. The van der Waals surface area contributed by atoms with Gasteiger partial charge in [0, 0.05) is 39.8 Å². The molecular formula is C24H24BrNO2. The molecule has 1 heterocycles. The minimum atomic E-state index is -0.639. The number of Topliss-reactive ketones (excluding diaryl/α,β-unsaturated/α-hetero) is 2. The Morgan fingerprint density at radius 2 is 1.71 bits per heavy atom. The summed E-state index contributed by atoms with van der Waals surface area (Å²) in [6.07, 6.45) is 0.880. The molecule has 1 atom stereocenters. The summed E-state index contributed by atoms with van der Waals surface area (Å²) in [5.41, 5.74) is 3.83. The van der Waals surface area contributed by atoms with Gasteiger partial charge in [-0.15, -0.1) is 0 Å². The van der Waals surface area contributed by atoms with Gasteiger partial charge in [-0.2, -0.15) is 0 Å². The Morgan fingerprint density at radius 1 is 1.04 bits per heavy atom. The summed E-state index contributed by atoms with van der Waals surface area (Å²) in [4.78, 5) is 29.9. The van der Waals surface area contributed by atoms with Crippen LogP contribution in [0.1, 0.15) is 49.4 Å². The number of fused-ring (bicyclic) bond motifs is 1. The third-order valence-corrected chi connectivity index (χ3v) is 6.29. The summed E-state index contributed by atoms with van der Waals surface area (Å²) in [7, 11) is 0. The predicted octanol–water partition coefficient (Wildman–Crippen LogP) is 5.95. The molecule has 3 nitrogen and oxygen atoms in total. The van der Waals surface area contributed by atoms with Crippen LogP contribution in [0.3, 0.4) is 0 Å². The summed E-state index contributed by atoms with van der Waals surface area (Å²) in [5.74, 6) is -0.822. The average molecular weight is 438 g/mol. The third-order valence-electron chi connectivity index (χ3n) is 5.79. The van der Waals surface area contributed by atoms with Gasteiger partial charge in [0.05, 0.1) is 5.92 Å². The smallest absolute Gasteiger partial charge is 0.144 e. The fourth-order valence-electron chi connectivity index (χ4n) is 4.70. The number of nitrogens with one attached hydrogen (secondary N) is 1. The largest absolute Gasteiger partial charge is 0.358 e. The van der Waals surface area contributed by atoms with Crippen molar-refractivity contribution >= 4 is 38.4 Å². The molecule has 4 heteroatoms. The van der Waals surface area contributed by atoms with Gasteiger partial charge in [-0.25, -0.2) is 0 Å². The Balaban J connectivity index is 1.94. The van der Waals surface area contributed by atoms with Gasteiger partial charge in [-0.1, -0.05) is 60.1 Å². The van der Waals surface area contributed by atoms with Crippen molar-refractivity contribution < 1.29 is 9.59 Å². The molecular weight excluding hydrogens is 414 g/mol. The lowest BCUT2D eigenvalue weighted by Crippen LogP contribution is -2.41. The van der Waals surface area contributed by atoms with Crippen LogP contribution < -0.4 is 0 Å². The number of ketones is 2. The molecule has 2 aromatic carbocycles. The lowest BCUT2D eigenvalue weighted by Gasteiger charge is -2.36. The Labute approximate surface area is 173 Å². The molecule has 1 aliphatic carbocycles. The highest BCUT2D eigenvalue weighted by molar-refractivity contribution is 9.10. The normalized spacial score (nSPS) is 18.6. The van der Waals surface area contributed by atoms with Gasteiger partial charge in [0.1, 0.15) is 11.6 Å². The zero-order valence-corrected chi connectivity index (χ0v) is 18.0. The Hall–Kier alpha value is -2.20. The number of H-pyrrole nitrogens is 1. The van der Waals surface area contributed by atoms with Gasteiger partial charge in [-0.05, 0) is 41.7 Å². The van der Waals surface area contributed by atoms with E-state index in [0.717, 1.165) is 32.2 Å². The number of carbonyl (C=O) groups is 2. The molecule has 0 spiro atoms. The number of para-hydroxylation sites is 1. The molecule has 28 heavy (non-hydrogen) atoms. The van der Waals surface area contributed by atoms with E-state index in [4.69, 9.17) is 0 Å². The number of hydrogen-bond donors (Lipinski definition) is 1. The van der Waals surface area contributed by atoms with E-state index in [2.05, 4.69) is 27.0 Å². The van der Waals surface area contributed by atoms with Crippen molar-refractivity contribution in [1.29, 1.82) is 0 Å². The highest BCUT2D eigenvalue weighted by atomic mass is 79.9. The summed E-state index contributed by atoms with van der Waals surface area (Å²) >= 11 is 3.56. The van der Waals surface area contributed by atoms with Crippen molar-refractivity contribution in [3.63, 3.8) is 0 Å². The number of aromatic amines is 1.